The molecule has 1 aliphatic rings. The molecule has 0 saturated carbocycles. The molecule has 1 unspecified atom stereocenters. The van der Waals surface area contributed by atoms with Crippen LogP contribution in [0.4, 0.5) is 5.69 Å². The van der Waals surface area contributed by atoms with Crippen molar-refractivity contribution < 1.29 is 0 Å². The van der Waals surface area contributed by atoms with E-state index in [4.69, 9.17) is 0 Å². The van der Waals surface area contributed by atoms with Gasteiger partial charge >= 0.3 is 0 Å². The van der Waals surface area contributed by atoms with E-state index in [1.807, 2.05) is 0 Å². The molecule has 0 aromatic heterocycles. The van der Waals surface area contributed by atoms with Crippen LogP contribution in [-0.2, 0) is 12.0 Å². The van der Waals surface area contributed by atoms with Crippen molar-refractivity contribution in [3.8, 4) is 0 Å². The first kappa shape index (κ1) is 12.4. The quantitative estimate of drug-likeness (QED) is 0.832. The van der Waals surface area contributed by atoms with Crippen molar-refractivity contribution in [2.24, 2.45) is 0 Å². The van der Waals surface area contributed by atoms with Crippen molar-refractivity contribution in [2.75, 3.05) is 11.9 Å². The first-order valence-corrected chi connectivity index (χ1v) is 6.64. The average Bonchev–Trinajstić information content (AvgIpc) is 2.63. The van der Waals surface area contributed by atoms with Gasteiger partial charge in [-0.25, -0.2) is 0 Å². The summed E-state index contributed by atoms with van der Waals surface area (Å²) in [4.78, 5) is 0. The zero-order valence-corrected chi connectivity index (χ0v) is 11.4. The summed E-state index contributed by atoms with van der Waals surface area (Å²) in [7, 11) is 0. The Bertz CT molecular complexity index is 396. The standard InChI is InChI=1S/C15H24N2/c1-5-11(2)16-9-12-7-6-8-13-14(12)15(3,4)10-17-13/h6-8,11,16-17H,5,9-10H2,1-4H3. The Balaban J connectivity index is 2.21. The van der Waals surface area contributed by atoms with Gasteiger partial charge in [-0.05, 0) is 30.5 Å². The van der Waals surface area contributed by atoms with Gasteiger partial charge in [-0.1, -0.05) is 32.9 Å². The second-order valence-corrected chi connectivity index (χ2v) is 5.77. The summed E-state index contributed by atoms with van der Waals surface area (Å²) in [5.41, 5.74) is 4.51. The van der Waals surface area contributed by atoms with Crippen molar-refractivity contribution in [3.63, 3.8) is 0 Å². The lowest BCUT2D eigenvalue weighted by Crippen LogP contribution is -2.27. The monoisotopic (exact) mass is 232 g/mol. The van der Waals surface area contributed by atoms with E-state index >= 15 is 0 Å². The molecule has 0 saturated heterocycles. The highest BCUT2D eigenvalue weighted by Gasteiger charge is 2.31. The molecule has 0 aliphatic carbocycles. The number of benzene rings is 1. The fourth-order valence-electron chi connectivity index (χ4n) is 2.53. The molecular weight excluding hydrogens is 208 g/mol. The minimum Gasteiger partial charge on any atom is -0.384 e. The molecule has 0 fully saturated rings. The summed E-state index contributed by atoms with van der Waals surface area (Å²) in [5.74, 6) is 0. The van der Waals surface area contributed by atoms with Crippen molar-refractivity contribution in [1.82, 2.24) is 5.32 Å². The summed E-state index contributed by atoms with van der Waals surface area (Å²) in [6, 6.07) is 7.18. The highest BCUT2D eigenvalue weighted by atomic mass is 14.9. The maximum absolute atomic E-state index is 3.59. The Labute approximate surface area is 105 Å². The number of fused-ring (bicyclic) bond motifs is 1. The molecule has 2 N–H and O–H groups in total. The molecule has 1 atom stereocenters. The molecule has 1 aromatic carbocycles. The van der Waals surface area contributed by atoms with Gasteiger partial charge in [-0.15, -0.1) is 0 Å². The van der Waals surface area contributed by atoms with E-state index in [0.29, 0.717) is 6.04 Å². The predicted octanol–water partition coefficient (Wildman–Crippen LogP) is 3.28. The lowest BCUT2D eigenvalue weighted by atomic mass is 9.83. The minimum atomic E-state index is 0.253. The Morgan fingerprint density at radius 1 is 1.41 bits per heavy atom. The molecule has 0 amide bonds. The summed E-state index contributed by atoms with van der Waals surface area (Å²) in [6.07, 6.45) is 1.18. The smallest absolute Gasteiger partial charge is 0.0382 e. The van der Waals surface area contributed by atoms with Crippen molar-refractivity contribution in [2.45, 2.75) is 52.1 Å². The maximum atomic E-state index is 3.59. The Hall–Kier alpha value is -1.02. The van der Waals surface area contributed by atoms with Gasteiger partial charge in [0.2, 0.25) is 0 Å². The van der Waals surface area contributed by atoms with E-state index in [1.54, 1.807) is 0 Å². The van der Waals surface area contributed by atoms with Crippen LogP contribution in [0.25, 0.3) is 0 Å². The summed E-state index contributed by atoms with van der Waals surface area (Å²) in [6.45, 7) is 11.1. The van der Waals surface area contributed by atoms with E-state index in [-0.39, 0.29) is 5.41 Å². The Morgan fingerprint density at radius 2 is 2.18 bits per heavy atom. The minimum absolute atomic E-state index is 0.253. The largest absolute Gasteiger partial charge is 0.384 e. The van der Waals surface area contributed by atoms with Crippen LogP contribution in [-0.4, -0.2) is 12.6 Å². The molecule has 2 rings (SSSR count). The molecular formula is C15H24N2. The highest BCUT2D eigenvalue weighted by Crippen LogP contribution is 2.38. The molecule has 1 aromatic rings. The third-order valence-electron chi connectivity index (χ3n) is 3.80. The molecule has 1 heterocycles. The second kappa shape index (κ2) is 4.69. The van der Waals surface area contributed by atoms with Gasteiger partial charge < -0.3 is 10.6 Å². The zero-order chi connectivity index (χ0) is 12.5. The van der Waals surface area contributed by atoms with E-state index < -0.39 is 0 Å². The van der Waals surface area contributed by atoms with Crippen LogP contribution in [0.5, 0.6) is 0 Å². The number of hydrogen-bond donors (Lipinski definition) is 2. The number of rotatable bonds is 4. The van der Waals surface area contributed by atoms with E-state index in [1.165, 1.54) is 23.2 Å². The molecule has 17 heavy (non-hydrogen) atoms. The van der Waals surface area contributed by atoms with Gasteiger partial charge in [-0.3, -0.25) is 0 Å². The molecule has 0 bridgehead atoms. The molecule has 94 valence electrons. The summed E-state index contributed by atoms with van der Waals surface area (Å²) >= 11 is 0. The fraction of sp³-hybridized carbons (Fsp3) is 0.600. The third kappa shape index (κ3) is 2.47. The Kier molecular flexibility index (Phi) is 3.43. The van der Waals surface area contributed by atoms with E-state index in [2.05, 4.69) is 56.5 Å². The summed E-state index contributed by atoms with van der Waals surface area (Å²) in [5, 5.41) is 7.09. The van der Waals surface area contributed by atoms with E-state index in [0.717, 1.165) is 13.1 Å². The summed E-state index contributed by atoms with van der Waals surface area (Å²) < 4.78 is 0. The molecule has 2 nitrogen and oxygen atoms in total. The van der Waals surface area contributed by atoms with Crippen molar-refractivity contribution >= 4 is 5.69 Å². The van der Waals surface area contributed by atoms with Crippen LogP contribution < -0.4 is 10.6 Å². The van der Waals surface area contributed by atoms with Gasteiger partial charge in [0.25, 0.3) is 0 Å². The lowest BCUT2D eigenvalue weighted by molar-refractivity contribution is 0.522. The van der Waals surface area contributed by atoms with Gasteiger partial charge in [0.1, 0.15) is 0 Å². The molecule has 2 heteroatoms. The first-order chi connectivity index (χ1) is 8.04. The normalized spacial score (nSPS) is 18.6. The Morgan fingerprint density at radius 3 is 2.88 bits per heavy atom. The van der Waals surface area contributed by atoms with Gasteiger partial charge in [0.15, 0.2) is 0 Å². The average molecular weight is 232 g/mol. The second-order valence-electron chi connectivity index (χ2n) is 5.77. The SMILES string of the molecule is CCC(C)NCc1cccc2c1C(C)(C)CN2. The van der Waals surface area contributed by atoms with Crippen LogP contribution in [0, 0.1) is 0 Å². The molecule has 0 spiro atoms. The predicted molar refractivity (Wildman–Crippen MR) is 74.6 cm³/mol. The van der Waals surface area contributed by atoms with Crippen LogP contribution in [0.3, 0.4) is 0 Å². The van der Waals surface area contributed by atoms with Crippen LogP contribution in [0.2, 0.25) is 0 Å². The number of nitrogens with one attached hydrogen (secondary N) is 2. The van der Waals surface area contributed by atoms with Crippen LogP contribution in [0.15, 0.2) is 18.2 Å². The topological polar surface area (TPSA) is 24.1 Å². The van der Waals surface area contributed by atoms with Gasteiger partial charge in [0.05, 0.1) is 0 Å². The van der Waals surface area contributed by atoms with Crippen molar-refractivity contribution in [1.29, 1.82) is 0 Å². The van der Waals surface area contributed by atoms with Crippen LogP contribution >= 0.6 is 0 Å². The highest BCUT2D eigenvalue weighted by molar-refractivity contribution is 5.62. The number of hydrogen-bond acceptors (Lipinski definition) is 2. The molecule has 0 radical (unpaired) electrons. The third-order valence-corrected chi connectivity index (χ3v) is 3.80. The fourth-order valence-corrected chi connectivity index (χ4v) is 2.53. The first-order valence-electron chi connectivity index (χ1n) is 6.64. The van der Waals surface area contributed by atoms with Crippen LogP contribution in [0.1, 0.15) is 45.2 Å². The maximum Gasteiger partial charge on any atom is 0.0382 e. The number of anilines is 1. The van der Waals surface area contributed by atoms with E-state index in [9.17, 15) is 0 Å². The lowest BCUT2D eigenvalue weighted by Gasteiger charge is -2.22. The van der Waals surface area contributed by atoms with Gasteiger partial charge in [0, 0.05) is 30.2 Å². The zero-order valence-electron chi connectivity index (χ0n) is 11.4. The van der Waals surface area contributed by atoms with Crippen molar-refractivity contribution in [3.05, 3.63) is 29.3 Å². The molecule has 1 aliphatic heterocycles. The van der Waals surface area contributed by atoms with Gasteiger partial charge in [-0.2, -0.15) is 0 Å².